The van der Waals surface area contributed by atoms with Gasteiger partial charge in [-0.3, -0.25) is 14.9 Å². The quantitative estimate of drug-likeness (QED) is 0.317. The molecule has 0 saturated heterocycles. The molecule has 0 bridgehead atoms. The molecule has 182 valence electrons. The molecule has 11 heteroatoms. The van der Waals surface area contributed by atoms with Gasteiger partial charge < -0.3 is 18.9 Å². The molecule has 1 amide bonds. The van der Waals surface area contributed by atoms with Gasteiger partial charge in [0.15, 0.2) is 23.9 Å². The van der Waals surface area contributed by atoms with E-state index in [0.29, 0.717) is 23.7 Å². The van der Waals surface area contributed by atoms with E-state index in [1.54, 1.807) is 20.3 Å². The van der Waals surface area contributed by atoms with Crippen molar-refractivity contribution in [3.63, 3.8) is 0 Å². The predicted octanol–water partition coefficient (Wildman–Crippen LogP) is 4.44. The molecule has 2 aromatic carbocycles. The van der Waals surface area contributed by atoms with E-state index >= 15 is 0 Å². The Balaban J connectivity index is 1.61. The average molecular weight is 498 g/mol. The second-order valence-electron chi connectivity index (χ2n) is 7.48. The van der Waals surface area contributed by atoms with Crippen molar-refractivity contribution in [1.82, 2.24) is 5.01 Å². The molecule has 1 unspecified atom stereocenters. The van der Waals surface area contributed by atoms with Gasteiger partial charge in [0.2, 0.25) is 0 Å². The molecule has 1 aliphatic rings. The molecule has 0 fully saturated rings. The van der Waals surface area contributed by atoms with E-state index in [-0.39, 0.29) is 11.4 Å². The Morgan fingerprint density at radius 2 is 1.86 bits per heavy atom. The maximum Gasteiger partial charge on any atom is 0.314 e. The molecule has 1 aliphatic heterocycles. The van der Waals surface area contributed by atoms with Crippen molar-refractivity contribution in [3.8, 4) is 23.0 Å². The number of methoxy groups -OCH3 is 3. The van der Waals surface area contributed by atoms with Crippen LogP contribution < -0.4 is 18.9 Å². The zero-order chi connectivity index (χ0) is 24.9. The van der Waals surface area contributed by atoms with Crippen LogP contribution in [0.25, 0.3) is 0 Å². The predicted molar refractivity (Wildman–Crippen MR) is 130 cm³/mol. The first-order valence-electron chi connectivity index (χ1n) is 10.6. The number of amides is 1. The van der Waals surface area contributed by atoms with Gasteiger partial charge in [-0.2, -0.15) is 5.10 Å². The average Bonchev–Trinajstić information content (AvgIpc) is 3.57. The third kappa shape index (κ3) is 5.04. The minimum Gasteiger partial charge on any atom is -0.496 e. The molecule has 0 saturated carbocycles. The highest BCUT2D eigenvalue weighted by atomic mass is 32.1. The van der Waals surface area contributed by atoms with E-state index in [0.717, 1.165) is 16.2 Å². The molecule has 1 atom stereocenters. The molecule has 0 aliphatic carbocycles. The second kappa shape index (κ2) is 10.4. The highest BCUT2D eigenvalue weighted by molar-refractivity contribution is 7.12. The van der Waals surface area contributed by atoms with Crippen molar-refractivity contribution in [1.29, 1.82) is 0 Å². The Bertz CT molecular complexity index is 1260. The zero-order valence-electron chi connectivity index (χ0n) is 19.3. The summed E-state index contributed by atoms with van der Waals surface area (Å²) in [6, 6.07) is 13.1. The van der Waals surface area contributed by atoms with Gasteiger partial charge in [-0.05, 0) is 41.3 Å². The van der Waals surface area contributed by atoms with E-state index in [2.05, 4.69) is 5.10 Å². The van der Waals surface area contributed by atoms with Gasteiger partial charge in [-0.25, -0.2) is 5.01 Å². The first-order valence-corrected chi connectivity index (χ1v) is 11.4. The van der Waals surface area contributed by atoms with Crippen LogP contribution in [-0.4, -0.2) is 49.5 Å². The summed E-state index contributed by atoms with van der Waals surface area (Å²) in [6.45, 7) is -0.432. The van der Waals surface area contributed by atoms with Crippen molar-refractivity contribution in [2.24, 2.45) is 5.10 Å². The van der Waals surface area contributed by atoms with E-state index in [9.17, 15) is 14.9 Å². The van der Waals surface area contributed by atoms with Crippen LogP contribution in [0, 0.1) is 10.1 Å². The lowest BCUT2D eigenvalue weighted by Crippen LogP contribution is -2.31. The summed E-state index contributed by atoms with van der Waals surface area (Å²) in [5, 5.41) is 19.3. The summed E-state index contributed by atoms with van der Waals surface area (Å²) in [5.41, 5.74) is 1.28. The number of hydrazone groups is 1. The minimum atomic E-state index is -0.586. The monoisotopic (exact) mass is 497 g/mol. The van der Waals surface area contributed by atoms with Crippen LogP contribution in [-0.2, 0) is 4.79 Å². The molecule has 2 heterocycles. The second-order valence-corrected chi connectivity index (χ2v) is 8.42. The Labute approximate surface area is 205 Å². The number of carbonyl (C=O) groups excluding carboxylic acids is 1. The van der Waals surface area contributed by atoms with Crippen LogP contribution in [0.15, 0.2) is 59.0 Å². The van der Waals surface area contributed by atoms with Gasteiger partial charge in [-0.15, -0.1) is 11.3 Å². The SMILES string of the molecule is COc1ccc(OCC(=O)N2N=C(c3cccs3)CC2c2ccc(OC)c(OC)c2)c([N+](=O)[O-])c1. The van der Waals surface area contributed by atoms with Crippen molar-refractivity contribution < 1.29 is 28.7 Å². The summed E-state index contributed by atoms with van der Waals surface area (Å²) in [6.07, 6.45) is 0.490. The lowest BCUT2D eigenvalue weighted by molar-refractivity contribution is -0.385. The lowest BCUT2D eigenvalue weighted by Gasteiger charge is -2.23. The summed E-state index contributed by atoms with van der Waals surface area (Å²) in [5.74, 6) is 0.942. The van der Waals surface area contributed by atoms with Crippen LogP contribution >= 0.6 is 11.3 Å². The maximum atomic E-state index is 13.2. The molecule has 4 rings (SSSR count). The van der Waals surface area contributed by atoms with Gasteiger partial charge in [-0.1, -0.05) is 12.1 Å². The number of hydrogen-bond donors (Lipinski definition) is 0. The smallest absolute Gasteiger partial charge is 0.314 e. The molecule has 3 aromatic rings. The first kappa shape index (κ1) is 24.0. The molecular formula is C24H23N3O7S. The fraction of sp³-hybridized carbons (Fsp3) is 0.250. The Morgan fingerprint density at radius 1 is 1.09 bits per heavy atom. The van der Waals surface area contributed by atoms with Gasteiger partial charge >= 0.3 is 5.69 Å². The van der Waals surface area contributed by atoms with Crippen LogP contribution in [0.5, 0.6) is 23.0 Å². The van der Waals surface area contributed by atoms with Crippen molar-refractivity contribution in [2.75, 3.05) is 27.9 Å². The lowest BCUT2D eigenvalue weighted by atomic mass is 10.0. The number of ether oxygens (including phenoxy) is 4. The Hall–Kier alpha value is -4.12. The largest absolute Gasteiger partial charge is 0.496 e. The number of rotatable bonds is 9. The standard InChI is InChI=1S/C24H23N3O7S/c1-31-16-7-9-20(19(12-16)27(29)30)34-14-24(28)26-18(13-17(25-26)23-5-4-10-35-23)15-6-8-21(32-2)22(11-15)33-3/h4-12,18H,13-14H2,1-3H3. The number of carbonyl (C=O) groups is 1. The number of nitro groups is 1. The van der Waals surface area contributed by atoms with E-state index in [1.807, 2.05) is 29.6 Å². The Morgan fingerprint density at radius 3 is 2.51 bits per heavy atom. The van der Waals surface area contributed by atoms with Crippen molar-refractivity contribution >= 4 is 28.6 Å². The summed E-state index contributed by atoms with van der Waals surface area (Å²) in [7, 11) is 4.51. The normalized spacial score (nSPS) is 14.9. The van der Waals surface area contributed by atoms with Crippen LogP contribution in [0.3, 0.4) is 0 Å². The molecule has 10 nitrogen and oxygen atoms in total. The zero-order valence-corrected chi connectivity index (χ0v) is 20.1. The molecule has 0 N–H and O–H groups in total. The topological polar surface area (TPSA) is 113 Å². The maximum absolute atomic E-state index is 13.2. The van der Waals surface area contributed by atoms with Crippen molar-refractivity contribution in [3.05, 3.63) is 74.5 Å². The fourth-order valence-corrected chi connectivity index (χ4v) is 4.47. The van der Waals surface area contributed by atoms with Gasteiger partial charge in [0.25, 0.3) is 5.91 Å². The number of thiophene rings is 1. The summed E-state index contributed by atoms with van der Waals surface area (Å²) < 4.78 is 21.4. The summed E-state index contributed by atoms with van der Waals surface area (Å²) >= 11 is 1.53. The summed E-state index contributed by atoms with van der Waals surface area (Å²) in [4.78, 5) is 25.1. The number of hydrogen-bond acceptors (Lipinski definition) is 9. The molecule has 0 spiro atoms. The Kier molecular flexibility index (Phi) is 7.16. The number of benzene rings is 2. The van der Waals surface area contributed by atoms with E-state index < -0.39 is 23.5 Å². The van der Waals surface area contributed by atoms with Crippen LogP contribution in [0.4, 0.5) is 5.69 Å². The van der Waals surface area contributed by atoms with Gasteiger partial charge in [0.1, 0.15) is 5.75 Å². The molecular weight excluding hydrogens is 474 g/mol. The molecule has 0 radical (unpaired) electrons. The highest BCUT2D eigenvalue weighted by Crippen LogP contribution is 2.38. The fourth-order valence-electron chi connectivity index (χ4n) is 3.75. The third-order valence-corrected chi connectivity index (χ3v) is 6.40. The van der Waals surface area contributed by atoms with Crippen LogP contribution in [0.1, 0.15) is 22.9 Å². The van der Waals surface area contributed by atoms with Crippen molar-refractivity contribution in [2.45, 2.75) is 12.5 Å². The number of nitrogens with zero attached hydrogens (tertiary/aromatic N) is 3. The van der Waals surface area contributed by atoms with Crippen LogP contribution in [0.2, 0.25) is 0 Å². The van der Waals surface area contributed by atoms with E-state index in [4.69, 9.17) is 18.9 Å². The third-order valence-electron chi connectivity index (χ3n) is 5.48. The minimum absolute atomic E-state index is 0.0338. The van der Waals surface area contributed by atoms with E-state index in [1.165, 1.54) is 41.7 Å². The molecule has 1 aromatic heterocycles. The van der Waals surface area contributed by atoms with Gasteiger partial charge in [0, 0.05) is 6.42 Å². The van der Waals surface area contributed by atoms with Gasteiger partial charge in [0.05, 0.1) is 48.9 Å². The first-order chi connectivity index (χ1) is 16.9. The molecule has 35 heavy (non-hydrogen) atoms. The highest BCUT2D eigenvalue weighted by Gasteiger charge is 2.34. The number of nitro benzene ring substituents is 1.